The van der Waals surface area contributed by atoms with Gasteiger partial charge in [-0.25, -0.2) is 0 Å². The number of nitrogens with zero attached hydrogens (tertiary/aromatic N) is 2. The summed E-state index contributed by atoms with van der Waals surface area (Å²) >= 11 is 0. The molecule has 20 heavy (non-hydrogen) atoms. The molecule has 1 unspecified atom stereocenters. The molecule has 1 N–H and O–H groups in total. The molecule has 4 nitrogen and oxygen atoms in total. The lowest BCUT2D eigenvalue weighted by molar-refractivity contribution is -0.0103. The zero-order valence-electron chi connectivity index (χ0n) is 12.0. The van der Waals surface area contributed by atoms with Crippen molar-refractivity contribution in [2.75, 3.05) is 13.1 Å². The second kappa shape index (κ2) is 4.06. The molecule has 1 aliphatic heterocycles. The van der Waals surface area contributed by atoms with Crippen LogP contribution in [0.2, 0.25) is 0 Å². The van der Waals surface area contributed by atoms with E-state index in [9.17, 15) is 0 Å². The molecule has 1 aromatic heterocycles. The molecule has 5 aliphatic rings. The second-order valence-corrected chi connectivity index (χ2v) is 7.84. The Labute approximate surface area is 119 Å². The minimum atomic E-state index is 0.280. The Balaban J connectivity index is 1.47. The normalized spacial score (nSPS) is 46.2. The summed E-state index contributed by atoms with van der Waals surface area (Å²) in [6, 6.07) is 0. The highest BCUT2D eigenvalue weighted by Gasteiger charge is 2.53. The molecule has 2 heterocycles. The minimum absolute atomic E-state index is 0.280. The fourth-order valence-corrected chi connectivity index (χ4v) is 5.87. The van der Waals surface area contributed by atoms with E-state index in [-0.39, 0.29) is 5.41 Å². The highest BCUT2D eigenvalue weighted by molar-refractivity contribution is 5.17. The third kappa shape index (κ3) is 1.63. The molecule has 4 aliphatic carbocycles. The smallest absolute Gasteiger partial charge is 0.231 e. The molecule has 1 saturated heterocycles. The Kier molecular flexibility index (Phi) is 2.38. The van der Waals surface area contributed by atoms with E-state index < -0.39 is 0 Å². The first-order chi connectivity index (χ1) is 9.81. The van der Waals surface area contributed by atoms with Gasteiger partial charge >= 0.3 is 0 Å². The largest absolute Gasteiger partial charge is 0.339 e. The monoisotopic (exact) mass is 273 g/mol. The molecule has 0 aromatic carbocycles. The van der Waals surface area contributed by atoms with Crippen LogP contribution in [-0.2, 0) is 5.41 Å². The van der Waals surface area contributed by atoms with E-state index in [0.717, 1.165) is 49.0 Å². The van der Waals surface area contributed by atoms with Crippen LogP contribution in [0.5, 0.6) is 0 Å². The van der Waals surface area contributed by atoms with Crippen LogP contribution in [0.4, 0.5) is 0 Å². The van der Waals surface area contributed by atoms with Crippen LogP contribution in [0.3, 0.4) is 0 Å². The zero-order valence-corrected chi connectivity index (χ0v) is 12.0. The van der Waals surface area contributed by atoms with Crippen LogP contribution in [0.25, 0.3) is 0 Å². The Morgan fingerprint density at radius 3 is 2.35 bits per heavy atom. The Morgan fingerprint density at radius 1 is 1.05 bits per heavy atom. The van der Waals surface area contributed by atoms with Crippen LogP contribution in [0.1, 0.15) is 62.6 Å². The Hall–Kier alpha value is -0.900. The number of aromatic nitrogens is 2. The molecule has 0 radical (unpaired) electrons. The molecule has 6 rings (SSSR count). The van der Waals surface area contributed by atoms with Crippen LogP contribution < -0.4 is 5.32 Å². The Bertz CT molecular complexity index is 482. The first-order valence-electron chi connectivity index (χ1n) is 8.35. The van der Waals surface area contributed by atoms with Gasteiger partial charge in [-0.15, -0.1) is 0 Å². The quantitative estimate of drug-likeness (QED) is 0.900. The summed E-state index contributed by atoms with van der Waals surface area (Å²) < 4.78 is 5.64. The third-order valence-corrected chi connectivity index (χ3v) is 6.36. The molecule has 0 amide bonds. The first kappa shape index (κ1) is 11.7. The van der Waals surface area contributed by atoms with E-state index in [2.05, 4.69) is 10.5 Å². The highest BCUT2D eigenvalue weighted by atomic mass is 16.5. The summed E-state index contributed by atoms with van der Waals surface area (Å²) in [4.78, 5) is 4.86. The molecule has 5 fully saturated rings. The maximum absolute atomic E-state index is 5.64. The van der Waals surface area contributed by atoms with Crippen molar-refractivity contribution in [3.05, 3.63) is 11.7 Å². The van der Waals surface area contributed by atoms with Gasteiger partial charge in [0.1, 0.15) is 0 Å². The first-order valence-corrected chi connectivity index (χ1v) is 8.35. The molecule has 1 atom stereocenters. The van der Waals surface area contributed by atoms with Crippen molar-refractivity contribution in [3.63, 3.8) is 0 Å². The minimum Gasteiger partial charge on any atom is -0.339 e. The lowest BCUT2D eigenvalue weighted by atomic mass is 9.49. The van der Waals surface area contributed by atoms with Crippen molar-refractivity contribution in [1.82, 2.24) is 15.5 Å². The van der Waals surface area contributed by atoms with Gasteiger partial charge in [-0.3, -0.25) is 0 Å². The van der Waals surface area contributed by atoms with E-state index in [1.165, 1.54) is 38.5 Å². The molecule has 108 valence electrons. The van der Waals surface area contributed by atoms with Gasteiger partial charge in [0.2, 0.25) is 5.89 Å². The Morgan fingerprint density at radius 2 is 1.75 bits per heavy atom. The van der Waals surface area contributed by atoms with Crippen LogP contribution in [-0.4, -0.2) is 23.2 Å². The van der Waals surface area contributed by atoms with E-state index in [1.54, 1.807) is 0 Å². The van der Waals surface area contributed by atoms with Gasteiger partial charge in [-0.1, -0.05) is 5.16 Å². The van der Waals surface area contributed by atoms with Crippen molar-refractivity contribution >= 4 is 0 Å². The van der Waals surface area contributed by atoms with Crippen molar-refractivity contribution in [2.45, 2.75) is 56.3 Å². The maximum atomic E-state index is 5.64. The average Bonchev–Trinajstić information content (AvgIpc) is 3.09. The summed E-state index contributed by atoms with van der Waals surface area (Å²) in [7, 11) is 0. The van der Waals surface area contributed by atoms with Crippen molar-refractivity contribution in [1.29, 1.82) is 0 Å². The van der Waals surface area contributed by atoms with Gasteiger partial charge in [0.25, 0.3) is 0 Å². The molecule has 0 spiro atoms. The van der Waals surface area contributed by atoms with Gasteiger partial charge in [-0.2, -0.15) is 4.98 Å². The fourth-order valence-electron chi connectivity index (χ4n) is 5.87. The molecule has 1 aromatic rings. The average molecular weight is 273 g/mol. The molecule has 4 heteroatoms. The fraction of sp³-hybridized carbons (Fsp3) is 0.875. The predicted octanol–water partition coefficient (Wildman–Crippen LogP) is 2.61. The molecule has 4 saturated carbocycles. The van der Waals surface area contributed by atoms with Crippen molar-refractivity contribution in [2.24, 2.45) is 17.8 Å². The predicted molar refractivity (Wildman–Crippen MR) is 74.4 cm³/mol. The van der Waals surface area contributed by atoms with Gasteiger partial charge in [0.15, 0.2) is 5.82 Å². The topological polar surface area (TPSA) is 51.0 Å². The van der Waals surface area contributed by atoms with Crippen LogP contribution in [0, 0.1) is 17.8 Å². The zero-order chi connectivity index (χ0) is 13.2. The second-order valence-electron chi connectivity index (χ2n) is 7.84. The third-order valence-electron chi connectivity index (χ3n) is 6.36. The lowest BCUT2D eigenvalue weighted by Gasteiger charge is -2.55. The number of rotatable bonds is 2. The number of hydrogen-bond donors (Lipinski definition) is 1. The summed E-state index contributed by atoms with van der Waals surface area (Å²) in [6.45, 7) is 2.09. The highest BCUT2D eigenvalue weighted by Crippen LogP contribution is 2.60. The van der Waals surface area contributed by atoms with Crippen molar-refractivity contribution in [3.8, 4) is 0 Å². The number of hydrogen-bond acceptors (Lipinski definition) is 4. The summed E-state index contributed by atoms with van der Waals surface area (Å²) in [5.74, 6) is 5.22. The molecule has 4 bridgehead atoms. The van der Waals surface area contributed by atoms with Gasteiger partial charge in [-0.05, 0) is 69.2 Å². The van der Waals surface area contributed by atoms with Gasteiger partial charge in [0, 0.05) is 12.0 Å². The van der Waals surface area contributed by atoms with E-state index in [0.29, 0.717) is 5.92 Å². The van der Waals surface area contributed by atoms with Crippen LogP contribution in [0.15, 0.2) is 4.52 Å². The summed E-state index contributed by atoms with van der Waals surface area (Å²) in [6.07, 6.45) is 9.51. The van der Waals surface area contributed by atoms with E-state index in [4.69, 9.17) is 9.51 Å². The lowest BCUT2D eigenvalue weighted by Crippen LogP contribution is -2.49. The standard InChI is InChI=1S/C16H23N3O/c1-2-17-9-13(1)14-18-15(19-20-14)16-6-10-3-11(7-16)5-12(4-10)8-16/h10-13,17H,1-9H2. The summed E-state index contributed by atoms with van der Waals surface area (Å²) in [5, 5.41) is 7.82. The SMILES string of the molecule is C1CC(c2nc(C34CC5CC(CC(C5)C3)C4)no2)CN1. The molecular weight excluding hydrogens is 250 g/mol. The van der Waals surface area contributed by atoms with E-state index in [1.807, 2.05) is 0 Å². The van der Waals surface area contributed by atoms with Crippen LogP contribution >= 0.6 is 0 Å². The van der Waals surface area contributed by atoms with Gasteiger partial charge < -0.3 is 9.84 Å². The molecular formula is C16H23N3O. The van der Waals surface area contributed by atoms with Crippen molar-refractivity contribution < 1.29 is 4.52 Å². The van der Waals surface area contributed by atoms with E-state index >= 15 is 0 Å². The van der Waals surface area contributed by atoms with Gasteiger partial charge in [0.05, 0.1) is 5.92 Å². The summed E-state index contributed by atoms with van der Waals surface area (Å²) in [5.41, 5.74) is 0.280. The maximum Gasteiger partial charge on any atom is 0.231 e. The number of nitrogens with one attached hydrogen (secondary N) is 1.